The van der Waals surface area contributed by atoms with Crippen molar-refractivity contribution in [3.8, 4) is 0 Å². The van der Waals surface area contributed by atoms with Gasteiger partial charge in [-0.05, 0) is 39.3 Å². The first-order valence-electron chi connectivity index (χ1n) is 6.65. The number of nitrogens with one attached hydrogen (secondary N) is 1. The second kappa shape index (κ2) is 5.17. The second-order valence-corrected chi connectivity index (χ2v) is 5.50. The second-order valence-electron chi connectivity index (χ2n) is 5.50. The molecule has 0 unspecified atom stereocenters. The molecule has 19 heavy (non-hydrogen) atoms. The molecular weight excluding hydrogens is 242 g/mol. The fourth-order valence-corrected chi connectivity index (χ4v) is 2.68. The van der Waals surface area contributed by atoms with Crippen LogP contribution < -0.4 is 10.2 Å². The van der Waals surface area contributed by atoms with Crippen molar-refractivity contribution in [3.05, 3.63) is 33.9 Å². The van der Waals surface area contributed by atoms with Crippen molar-refractivity contribution in [3.63, 3.8) is 0 Å². The van der Waals surface area contributed by atoms with Gasteiger partial charge in [0.25, 0.3) is 5.69 Å². The molecular formula is C14H21N3O2. The summed E-state index contributed by atoms with van der Waals surface area (Å²) in [7, 11) is 1.98. The minimum absolute atomic E-state index is 0.147. The summed E-state index contributed by atoms with van der Waals surface area (Å²) in [6, 6.07) is 5.28. The summed E-state index contributed by atoms with van der Waals surface area (Å²) in [4.78, 5) is 13.0. The topological polar surface area (TPSA) is 58.4 Å². The third-order valence-corrected chi connectivity index (χ3v) is 4.20. The Balaban J connectivity index is 2.27. The highest BCUT2D eigenvalue weighted by molar-refractivity contribution is 5.67. The Hall–Kier alpha value is -1.62. The number of para-hydroxylation sites is 1. The standard InChI is InChI=1S/C14H21N3O2/c1-11-5-4-6-12(17(18)19)13(11)16-9-7-14(2,15-3)8-10-16/h4-6,15H,7-10H2,1-3H3. The summed E-state index contributed by atoms with van der Waals surface area (Å²) < 4.78 is 0. The van der Waals surface area contributed by atoms with Crippen LogP contribution in [0.2, 0.25) is 0 Å². The zero-order valence-electron chi connectivity index (χ0n) is 11.8. The molecule has 1 aliphatic heterocycles. The SMILES string of the molecule is CNC1(C)CCN(c2c(C)cccc2[N+](=O)[O-])CC1. The van der Waals surface area contributed by atoms with Gasteiger partial charge in [0.2, 0.25) is 0 Å². The molecule has 0 spiro atoms. The molecule has 104 valence electrons. The maximum Gasteiger partial charge on any atom is 0.292 e. The summed E-state index contributed by atoms with van der Waals surface area (Å²) in [6.07, 6.45) is 1.99. The quantitative estimate of drug-likeness (QED) is 0.672. The summed E-state index contributed by atoms with van der Waals surface area (Å²) >= 11 is 0. The van der Waals surface area contributed by atoms with Crippen molar-refractivity contribution in [2.45, 2.75) is 32.2 Å². The minimum atomic E-state index is -0.284. The molecule has 0 aromatic heterocycles. The lowest BCUT2D eigenvalue weighted by Crippen LogP contribution is -2.50. The molecule has 1 aromatic carbocycles. The molecule has 1 saturated heterocycles. The van der Waals surface area contributed by atoms with Crippen LogP contribution in [0.3, 0.4) is 0 Å². The minimum Gasteiger partial charge on any atom is -0.366 e. The zero-order valence-corrected chi connectivity index (χ0v) is 11.8. The molecule has 0 aliphatic carbocycles. The van der Waals surface area contributed by atoms with E-state index < -0.39 is 0 Å². The van der Waals surface area contributed by atoms with Crippen molar-refractivity contribution in [2.24, 2.45) is 0 Å². The van der Waals surface area contributed by atoms with Crippen molar-refractivity contribution >= 4 is 11.4 Å². The average molecular weight is 263 g/mol. The molecule has 0 saturated carbocycles. The highest BCUT2D eigenvalue weighted by Crippen LogP contribution is 2.34. The van der Waals surface area contributed by atoms with E-state index in [0.29, 0.717) is 0 Å². The number of hydrogen-bond donors (Lipinski definition) is 1. The van der Waals surface area contributed by atoms with Crippen molar-refractivity contribution in [2.75, 3.05) is 25.0 Å². The Labute approximate surface area is 113 Å². The van der Waals surface area contributed by atoms with Gasteiger partial charge in [-0.15, -0.1) is 0 Å². The number of piperidine rings is 1. The zero-order chi connectivity index (χ0) is 14.0. The van der Waals surface area contributed by atoms with Crippen LogP contribution in [0.4, 0.5) is 11.4 Å². The van der Waals surface area contributed by atoms with Gasteiger partial charge in [0.1, 0.15) is 5.69 Å². The molecule has 0 bridgehead atoms. The first kappa shape index (κ1) is 13.8. The fourth-order valence-electron chi connectivity index (χ4n) is 2.68. The predicted molar refractivity (Wildman–Crippen MR) is 76.7 cm³/mol. The van der Waals surface area contributed by atoms with Gasteiger partial charge in [0, 0.05) is 24.7 Å². The van der Waals surface area contributed by atoms with Crippen molar-refractivity contribution < 1.29 is 4.92 Å². The van der Waals surface area contributed by atoms with Gasteiger partial charge in [0.15, 0.2) is 0 Å². The molecule has 1 heterocycles. The lowest BCUT2D eigenvalue weighted by Gasteiger charge is -2.40. The molecule has 2 rings (SSSR count). The number of nitrogens with zero attached hydrogens (tertiary/aromatic N) is 2. The van der Waals surface area contributed by atoms with Crippen LogP contribution in [0, 0.1) is 17.0 Å². The predicted octanol–water partition coefficient (Wildman–Crippen LogP) is 2.48. The average Bonchev–Trinajstić information content (AvgIpc) is 2.40. The Bertz CT molecular complexity index is 480. The van der Waals surface area contributed by atoms with E-state index in [2.05, 4.69) is 17.1 Å². The van der Waals surface area contributed by atoms with Crippen LogP contribution >= 0.6 is 0 Å². The highest BCUT2D eigenvalue weighted by Gasteiger charge is 2.31. The van der Waals surface area contributed by atoms with E-state index in [1.807, 2.05) is 20.0 Å². The van der Waals surface area contributed by atoms with E-state index in [-0.39, 0.29) is 16.1 Å². The molecule has 1 aromatic rings. The summed E-state index contributed by atoms with van der Waals surface area (Å²) in [6.45, 7) is 5.84. The smallest absolute Gasteiger partial charge is 0.292 e. The largest absolute Gasteiger partial charge is 0.366 e. The maximum absolute atomic E-state index is 11.2. The first-order valence-corrected chi connectivity index (χ1v) is 6.65. The van der Waals surface area contributed by atoms with Crippen LogP contribution in [0.1, 0.15) is 25.3 Å². The number of hydrogen-bond acceptors (Lipinski definition) is 4. The molecule has 5 heteroatoms. The lowest BCUT2D eigenvalue weighted by atomic mass is 9.89. The summed E-state index contributed by atoms with van der Waals surface area (Å²) in [5.41, 5.74) is 2.12. The van der Waals surface area contributed by atoms with Crippen molar-refractivity contribution in [1.29, 1.82) is 0 Å². The normalized spacial score (nSPS) is 18.4. The third-order valence-electron chi connectivity index (χ3n) is 4.20. The van der Waals surface area contributed by atoms with E-state index in [9.17, 15) is 10.1 Å². The number of nitro benzene ring substituents is 1. The summed E-state index contributed by atoms with van der Waals surface area (Å²) in [5.74, 6) is 0. The van der Waals surface area contributed by atoms with Crippen LogP contribution in [0.5, 0.6) is 0 Å². The molecule has 1 fully saturated rings. The van der Waals surface area contributed by atoms with Crippen LogP contribution in [0.15, 0.2) is 18.2 Å². The first-order chi connectivity index (χ1) is 8.97. The monoisotopic (exact) mass is 263 g/mol. The van der Waals surface area contributed by atoms with Gasteiger partial charge in [-0.3, -0.25) is 10.1 Å². The molecule has 5 nitrogen and oxygen atoms in total. The molecule has 1 N–H and O–H groups in total. The fraction of sp³-hybridized carbons (Fsp3) is 0.571. The Morgan fingerprint density at radius 1 is 1.37 bits per heavy atom. The molecule has 0 amide bonds. The van der Waals surface area contributed by atoms with Crippen LogP contribution in [-0.2, 0) is 0 Å². The number of rotatable bonds is 3. The number of aryl methyl sites for hydroxylation is 1. The van der Waals surface area contributed by atoms with Gasteiger partial charge in [0.05, 0.1) is 4.92 Å². The summed E-state index contributed by atoms with van der Waals surface area (Å²) in [5, 5.41) is 14.5. The van der Waals surface area contributed by atoms with Gasteiger partial charge < -0.3 is 10.2 Å². The molecule has 0 atom stereocenters. The highest BCUT2D eigenvalue weighted by atomic mass is 16.6. The molecule has 0 radical (unpaired) electrons. The van der Waals surface area contributed by atoms with Crippen molar-refractivity contribution in [1.82, 2.24) is 5.32 Å². The number of benzene rings is 1. The third kappa shape index (κ3) is 2.71. The van der Waals surface area contributed by atoms with Crippen LogP contribution in [-0.4, -0.2) is 30.6 Å². The van der Waals surface area contributed by atoms with Crippen LogP contribution in [0.25, 0.3) is 0 Å². The van der Waals surface area contributed by atoms with Gasteiger partial charge >= 0.3 is 0 Å². The van der Waals surface area contributed by atoms with E-state index >= 15 is 0 Å². The number of nitro groups is 1. The Kier molecular flexibility index (Phi) is 3.75. The van der Waals surface area contributed by atoms with E-state index in [0.717, 1.165) is 37.2 Å². The Morgan fingerprint density at radius 3 is 2.53 bits per heavy atom. The molecule has 1 aliphatic rings. The van der Waals surface area contributed by atoms with E-state index in [1.165, 1.54) is 0 Å². The van der Waals surface area contributed by atoms with Gasteiger partial charge in [-0.1, -0.05) is 12.1 Å². The number of anilines is 1. The lowest BCUT2D eigenvalue weighted by molar-refractivity contribution is -0.384. The van der Waals surface area contributed by atoms with Gasteiger partial charge in [-0.2, -0.15) is 0 Å². The maximum atomic E-state index is 11.2. The van der Waals surface area contributed by atoms with E-state index in [1.54, 1.807) is 12.1 Å². The van der Waals surface area contributed by atoms with Gasteiger partial charge in [-0.25, -0.2) is 0 Å². The Morgan fingerprint density at radius 2 is 2.00 bits per heavy atom. The van der Waals surface area contributed by atoms with E-state index in [4.69, 9.17) is 0 Å².